The van der Waals surface area contributed by atoms with Crippen LogP contribution in [0.15, 0.2) is 46.3 Å². The molecule has 3 rings (SSSR count). The molecule has 0 radical (unpaired) electrons. The van der Waals surface area contributed by atoms with E-state index in [4.69, 9.17) is 32.7 Å². The van der Waals surface area contributed by atoms with Crippen molar-refractivity contribution in [3.05, 3.63) is 56.8 Å². The van der Waals surface area contributed by atoms with Crippen molar-refractivity contribution in [3.8, 4) is 0 Å². The normalized spacial score (nSPS) is 12.7. The molecule has 0 unspecified atom stereocenters. The predicted octanol–water partition coefficient (Wildman–Crippen LogP) is 4.05. The smallest absolute Gasteiger partial charge is 0.279 e. The molecule has 1 amide bonds. The van der Waals surface area contributed by atoms with Gasteiger partial charge in [-0.15, -0.1) is 0 Å². The number of aromatic nitrogens is 1. The van der Waals surface area contributed by atoms with Gasteiger partial charge in [0.05, 0.1) is 38.4 Å². The van der Waals surface area contributed by atoms with E-state index in [2.05, 4.69) is 4.99 Å². The number of hydrogen-bond donors (Lipinski definition) is 0. The zero-order chi connectivity index (χ0) is 24.9. The number of benzene rings is 2. The van der Waals surface area contributed by atoms with E-state index < -0.39 is 15.9 Å². The molecule has 2 aromatic carbocycles. The number of aryl methyl sites for hydroxylation is 1. The molecule has 34 heavy (non-hydrogen) atoms. The Kier molecular flexibility index (Phi) is 9.27. The van der Waals surface area contributed by atoms with Gasteiger partial charge in [-0.2, -0.15) is 9.30 Å². The Morgan fingerprint density at radius 3 is 2.24 bits per heavy atom. The van der Waals surface area contributed by atoms with E-state index in [0.717, 1.165) is 10.2 Å². The molecule has 0 fully saturated rings. The van der Waals surface area contributed by atoms with E-state index >= 15 is 0 Å². The average molecular weight is 546 g/mol. The molecule has 1 aromatic heterocycles. The first kappa shape index (κ1) is 26.8. The number of hydrogen-bond acceptors (Lipinski definition) is 6. The van der Waals surface area contributed by atoms with Crippen molar-refractivity contribution in [2.24, 2.45) is 4.99 Å². The monoisotopic (exact) mass is 545 g/mol. The Bertz CT molecular complexity index is 1330. The lowest BCUT2D eigenvalue weighted by Crippen LogP contribution is -2.36. The summed E-state index contributed by atoms with van der Waals surface area (Å²) < 4.78 is 40.1. The number of thiazole rings is 1. The summed E-state index contributed by atoms with van der Waals surface area (Å²) >= 11 is 13.9. The van der Waals surface area contributed by atoms with Crippen LogP contribution in [0.5, 0.6) is 0 Å². The molecule has 3 aromatic rings. The number of carbonyl (C=O) groups excluding carboxylic acids is 1. The summed E-state index contributed by atoms with van der Waals surface area (Å²) in [6.45, 7) is 3.34. The van der Waals surface area contributed by atoms with Crippen LogP contribution in [-0.4, -0.2) is 63.7 Å². The minimum Gasteiger partial charge on any atom is -0.383 e. The van der Waals surface area contributed by atoms with E-state index in [1.165, 1.54) is 54.1 Å². The Hall–Kier alpha value is -1.79. The Labute approximate surface area is 212 Å². The fourth-order valence-corrected chi connectivity index (χ4v) is 6.27. The third-order valence-electron chi connectivity index (χ3n) is 5.08. The van der Waals surface area contributed by atoms with Gasteiger partial charge in [-0.05, 0) is 43.3 Å². The molecule has 0 atom stereocenters. The molecule has 1 heterocycles. The number of methoxy groups -OCH3 is 2. The first-order chi connectivity index (χ1) is 16.2. The standard InChI is InChI=1S/C22H25Cl2N3O5S2/c1-4-27-20-18(10-9-17(23)19(20)24)33-22(27)25-21(28)15-5-7-16(8-6-15)34(29,30)26(11-13-31-2)12-14-32-3/h5-10H,4,11-14H2,1-3H3. The van der Waals surface area contributed by atoms with Crippen molar-refractivity contribution < 1.29 is 22.7 Å². The van der Waals surface area contributed by atoms with Gasteiger partial charge in [0.15, 0.2) is 4.80 Å². The van der Waals surface area contributed by atoms with Gasteiger partial charge in [-0.1, -0.05) is 34.5 Å². The molecule has 0 aliphatic rings. The number of sulfonamides is 1. The van der Waals surface area contributed by atoms with Gasteiger partial charge < -0.3 is 14.0 Å². The minimum atomic E-state index is -3.78. The summed E-state index contributed by atoms with van der Waals surface area (Å²) in [6, 6.07) is 9.26. The molecular formula is C22H25Cl2N3O5S2. The Morgan fingerprint density at radius 1 is 1.06 bits per heavy atom. The molecule has 12 heteroatoms. The van der Waals surface area contributed by atoms with E-state index in [-0.39, 0.29) is 36.8 Å². The van der Waals surface area contributed by atoms with Crippen molar-refractivity contribution in [1.29, 1.82) is 0 Å². The van der Waals surface area contributed by atoms with Gasteiger partial charge in [-0.25, -0.2) is 8.42 Å². The maximum absolute atomic E-state index is 13.0. The first-order valence-electron chi connectivity index (χ1n) is 10.4. The molecule has 0 aliphatic heterocycles. The quantitative estimate of drug-likeness (QED) is 0.383. The summed E-state index contributed by atoms with van der Waals surface area (Å²) in [4.78, 5) is 17.7. The number of rotatable bonds is 10. The van der Waals surface area contributed by atoms with Crippen LogP contribution >= 0.6 is 34.5 Å². The zero-order valence-electron chi connectivity index (χ0n) is 19.0. The maximum atomic E-state index is 13.0. The van der Waals surface area contributed by atoms with Crippen molar-refractivity contribution in [2.75, 3.05) is 40.5 Å². The van der Waals surface area contributed by atoms with Crippen molar-refractivity contribution in [3.63, 3.8) is 0 Å². The molecular weight excluding hydrogens is 521 g/mol. The highest BCUT2D eigenvalue weighted by Crippen LogP contribution is 2.32. The van der Waals surface area contributed by atoms with Gasteiger partial charge in [0.25, 0.3) is 5.91 Å². The second-order valence-electron chi connectivity index (χ2n) is 7.17. The van der Waals surface area contributed by atoms with Crippen LogP contribution in [0.4, 0.5) is 0 Å². The zero-order valence-corrected chi connectivity index (χ0v) is 22.1. The molecule has 0 N–H and O–H groups in total. The summed E-state index contributed by atoms with van der Waals surface area (Å²) in [5, 5.41) is 0.834. The predicted molar refractivity (Wildman–Crippen MR) is 134 cm³/mol. The van der Waals surface area contributed by atoms with Crippen LogP contribution in [0.2, 0.25) is 10.0 Å². The summed E-state index contributed by atoms with van der Waals surface area (Å²) in [5.74, 6) is -0.490. The highest BCUT2D eigenvalue weighted by Gasteiger charge is 2.24. The van der Waals surface area contributed by atoms with E-state index in [1.807, 2.05) is 17.6 Å². The van der Waals surface area contributed by atoms with Crippen molar-refractivity contribution in [2.45, 2.75) is 18.4 Å². The summed E-state index contributed by atoms with van der Waals surface area (Å²) in [6.07, 6.45) is 0. The topological polar surface area (TPSA) is 90.2 Å². The van der Waals surface area contributed by atoms with Crippen LogP contribution in [0.25, 0.3) is 10.2 Å². The van der Waals surface area contributed by atoms with Crippen LogP contribution in [0.3, 0.4) is 0 Å². The lowest BCUT2D eigenvalue weighted by atomic mass is 10.2. The first-order valence-corrected chi connectivity index (χ1v) is 13.4. The van der Waals surface area contributed by atoms with Gasteiger partial charge >= 0.3 is 0 Å². The largest absolute Gasteiger partial charge is 0.383 e. The number of halogens is 2. The van der Waals surface area contributed by atoms with Crippen LogP contribution in [-0.2, 0) is 26.0 Å². The van der Waals surface area contributed by atoms with E-state index in [0.29, 0.717) is 21.4 Å². The number of ether oxygens (including phenoxy) is 2. The highest BCUT2D eigenvalue weighted by molar-refractivity contribution is 7.89. The molecule has 0 aliphatic carbocycles. The number of amides is 1. The second-order valence-corrected chi connectivity index (χ2v) is 10.9. The van der Waals surface area contributed by atoms with Crippen LogP contribution in [0, 0.1) is 0 Å². The van der Waals surface area contributed by atoms with Gasteiger partial charge in [0, 0.05) is 39.4 Å². The average Bonchev–Trinajstić information content (AvgIpc) is 3.19. The lowest BCUT2D eigenvalue weighted by molar-refractivity contribution is 0.0997. The van der Waals surface area contributed by atoms with Crippen molar-refractivity contribution >= 4 is 60.7 Å². The number of nitrogens with zero attached hydrogens (tertiary/aromatic N) is 3. The van der Waals surface area contributed by atoms with E-state index in [9.17, 15) is 13.2 Å². The number of fused-ring (bicyclic) bond motifs is 1. The maximum Gasteiger partial charge on any atom is 0.279 e. The molecule has 184 valence electrons. The lowest BCUT2D eigenvalue weighted by Gasteiger charge is -2.21. The van der Waals surface area contributed by atoms with Crippen molar-refractivity contribution in [1.82, 2.24) is 8.87 Å². The van der Waals surface area contributed by atoms with Gasteiger partial charge in [0.1, 0.15) is 0 Å². The molecule has 0 bridgehead atoms. The van der Waals surface area contributed by atoms with Gasteiger partial charge in [-0.3, -0.25) is 4.79 Å². The second kappa shape index (κ2) is 11.8. The summed E-state index contributed by atoms with van der Waals surface area (Å²) in [5.41, 5.74) is 0.991. The number of carbonyl (C=O) groups is 1. The third kappa shape index (κ3) is 5.71. The molecule has 0 saturated heterocycles. The highest BCUT2D eigenvalue weighted by atomic mass is 35.5. The SMILES string of the molecule is CCn1c(=NC(=O)c2ccc(S(=O)(=O)N(CCOC)CCOC)cc2)sc2ccc(Cl)c(Cl)c21. The molecule has 0 spiro atoms. The fourth-order valence-electron chi connectivity index (χ4n) is 3.29. The Morgan fingerprint density at radius 2 is 1.68 bits per heavy atom. The van der Waals surface area contributed by atoms with Crippen LogP contribution in [0.1, 0.15) is 17.3 Å². The summed E-state index contributed by atoms with van der Waals surface area (Å²) in [7, 11) is -0.769. The minimum absolute atomic E-state index is 0.0724. The van der Waals surface area contributed by atoms with Gasteiger partial charge in [0.2, 0.25) is 10.0 Å². The molecule has 8 nitrogen and oxygen atoms in total. The third-order valence-corrected chi connectivity index (χ3v) is 8.83. The van der Waals surface area contributed by atoms with E-state index in [1.54, 1.807) is 6.07 Å². The Balaban J connectivity index is 1.92. The molecule has 0 saturated carbocycles. The fraction of sp³-hybridized carbons (Fsp3) is 0.364. The van der Waals surface area contributed by atoms with Crippen LogP contribution < -0.4 is 4.80 Å².